The smallest absolute Gasteiger partial charge is 0.0577 e. The molecule has 0 aromatic rings. The second-order valence-electron chi connectivity index (χ2n) is 12.9. The first-order valence-electron chi connectivity index (χ1n) is 13.6. The average Bonchev–Trinajstić information content (AvgIpc) is 3.06. The molecule has 4 rings (SSSR count). The van der Waals surface area contributed by atoms with Gasteiger partial charge in [0.1, 0.15) is 0 Å². The normalized spacial score (nSPS) is 45.3. The van der Waals surface area contributed by atoms with Gasteiger partial charge in [0.15, 0.2) is 0 Å². The molecule has 3 saturated carbocycles. The lowest BCUT2D eigenvalue weighted by Gasteiger charge is -2.58. The largest absolute Gasteiger partial charge is 0.393 e. The number of fused-ring (bicyclic) bond motifs is 5. The standard InChI is InChI=1S/C29H50O/c1-7-21(19(2)3)9-8-20(4)25-12-13-26-24-11-10-22-18-23(30)14-16-28(22,5)27(24)15-17-29(25,26)6/h10,19-21,23-27,30H,7-9,11-18H2,1-6H3/t20-,21+,23+,24-,25+,26-,27-,28+,29-/m1/s1. The van der Waals surface area contributed by atoms with E-state index in [1.165, 1.54) is 57.8 Å². The summed E-state index contributed by atoms with van der Waals surface area (Å²) in [5.41, 5.74) is 2.59. The Kier molecular flexibility index (Phi) is 6.53. The van der Waals surface area contributed by atoms with Crippen LogP contribution in [-0.4, -0.2) is 11.2 Å². The molecule has 3 fully saturated rings. The van der Waals surface area contributed by atoms with Crippen molar-refractivity contribution in [3.05, 3.63) is 11.6 Å². The zero-order valence-corrected chi connectivity index (χ0v) is 20.9. The molecule has 30 heavy (non-hydrogen) atoms. The molecule has 172 valence electrons. The molecule has 4 aliphatic rings. The third kappa shape index (κ3) is 3.74. The van der Waals surface area contributed by atoms with Crippen LogP contribution < -0.4 is 0 Å². The minimum atomic E-state index is -0.0794. The highest BCUT2D eigenvalue weighted by Crippen LogP contribution is 2.67. The van der Waals surface area contributed by atoms with E-state index >= 15 is 0 Å². The molecule has 1 heteroatoms. The third-order valence-electron chi connectivity index (χ3n) is 11.3. The summed E-state index contributed by atoms with van der Waals surface area (Å²) in [4.78, 5) is 0. The van der Waals surface area contributed by atoms with Gasteiger partial charge in [0.05, 0.1) is 6.10 Å². The molecule has 0 heterocycles. The van der Waals surface area contributed by atoms with Crippen LogP contribution in [0.3, 0.4) is 0 Å². The number of hydrogen-bond donors (Lipinski definition) is 1. The first-order valence-corrected chi connectivity index (χ1v) is 13.6. The molecule has 9 atom stereocenters. The van der Waals surface area contributed by atoms with Crippen molar-refractivity contribution in [1.29, 1.82) is 0 Å². The van der Waals surface area contributed by atoms with E-state index in [1.807, 2.05) is 0 Å². The molecule has 1 N–H and O–H groups in total. The molecule has 1 nitrogen and oxygen atoms in total. The van der Waals surface area contributed by atoms with E-state index in [-0.39, 0.29) is 6.10 Å². The van der Waals surface area contributed by atoms with E-state index in [9.17, 15) is 5.11 Å². The molecule has 0 unspecified atom stereocenters. The molecular formula is C29H50O. The van der Waals surface area contributed by atoms with Crippen molar-refractivity contribution in [3.63, 3.8) is 0 Å². The van der Waals surface area contributed by atoms with Crippen LogP contribution >= 0.6 is 0 Å². The molecule has 4 aliphatic carbocycles. The quantitative estimate of drug-likeness (QED) is 0.436. The van der Waals surface area contributed by atoms with Crippen molar-refractivity contribution < 1.29 is 5.11 Å². The van der Waals surface area contributed by atoms with Crippen LogP contribution in [-0.2, 0) is 0 Å². The second kappa shape index (κ2) is 8.57. The number of aliphatic hydroxyl groups is 1. The predicted octanol–water partition coefficient (Wildman–Crippen LogP) is 8.02. The van der Waals surface area contributed by atoms with Crippen molar-refractivity contribution in [2.45, 2.75) is 118 Å². The van der Waals surface area contributed by atoms with Crippen molar-refractivity contribution in [1.82, 2.24) is 0 Å². The van der Waals surface area contributed by atoms with E-state index in [0.29, 0.717) is 10.8 Å². The highest BCUT2D eigenvalue weighted by molar-refractivity contribution is 5.25. The summed E-state index contributed by atoms with van der Waals surface area (Å²) in [5, 5.41) is 10.2. The molecule has 0 spiro atoms. The van der Waals surface area contributed by atoms with Gasteiger partial charge in [-0.1, -0.05) is 66.0 Å². The summed E-state index contributed by atoms with van der Waals surface area (Å²) in [6, 6.07) is 0. The van der Waals surface area contributed by atoms with E-state index in [2.05, 4.69) is 47.6 Å². The Hall–Kier alpha value is -0.300. The van der Waals surface area contributed by atoms with E-state index in [0.717, 1.165) is 54.3 Å². The zero-order chi connectivity index (χ0) is 21.7. The molecule has 0 saturated heterocycles. The highest BCUT2D eigenvalue weighted by atomic mass is 16.3. The fourth-order valence-corrected chi connectivity index (χ4v) is 9.30. The Bertz CT molecular complexity index is 634. The Labute approximate surface area is 187 Å². The Balaban J connectivity index is 1.47. The van der Waals surface area contributed by atoms with Gasteiger partial charge in [-0.15, -0.1) is 0 Å². The maximum Gasteiger partial charge on any atom is 0.0577 e. The van der Waals surface area contributed by atoms with Gasteiger partial charge in [0, 0.05) is 0 Å². The van der Waals surface area contributed by atoms with Crippen LogP contribution in [0.5, 0.6) is 0 Å². The topological polar surface area (TPSA) is 20.2 Å². The molecule has 0 aromatic heterocycles. The van der Waals surface area contributed by atoms with Gasteiger partial charge >= 0.3 is 0 Å². The average molecular weight is 415 g/mol. The van der Waals surface area contributed by atoms with Gasteiger partial charge in [0.2, 0.25) is 0 Å². The first-order chi connectivity index (χ1) is 14.2. The number of hydrogen-bond acceptors (Lipinski definition) is 1. The minimum absolute atomic E-state index is 0.0794. The van der Waals surface area contributed by atoms with E-state index in [4.69, 9.17) is 0 Å². The predicted molar refractivity (Wildman–Crippen MR) is 128 cm³/mol. The zero-order valence-electron chi connectivity index (χ0n) is 20.9. The number of rotatable bonds is 6. The van der Waals surface area contributed by atoms with Crippen LogP contribution in [0.15, 0.2) is 11.6 Å². The fraction of sp³-hybridized carbons (Fsp3) is 0.931. The van der Waals surface area contributed by atoms with Crippen LogP contribution in [0.1, 0.15) is 112 Å². The van der Waals surface area contributed by atoms with Crippen LogP contribution in [0.25, 0.3) is 0 Å². The summed E-state index contributed by atoms with van der Waals surface area (Å²) in [6.45, 7) is 15.1. The van der Waals surface area contributed by atoms with Crippen LogP contribution in [0, 0.1) is 52.3 Å². The summed E-state index contributed by atoms with van der Waals surface area (Å²) in [7, 11) is 0. The maximum atomic E-state index is 10.2. The lowest BCUT2D eigenvalue weighted by atomic mass is 9.47. The molecule has 0 radical (unpaired) electrons. The third-order valence-corrected chi connectivity index (χ3v) is 11.3. The molecular weight excluding hydrogens is 364 g/mol. The lowest BCUT2D eigenvalue weighted by Crippen LogP contribution is -2.50. The van der Waals surface area contributed by atoms with Gasteiger partial charge in [-0.2, -0.15) is 0 Å². The maximum absolute atomic E-state index is 10.2. The summed E-state index contributed by atoms with van der Waals surface area (Å²) in [6.07, 6.45) is 17.1. The van der Waals surface area contributed by atoms with E-state index in [1.54, 1.807) is 5.57 Å². The Morgan fingerprint density at radius 2 is 1.77 bits per heavy atom. The van der Waals surface area contributed by atoms with Crippen molar-refractivity contribution >= 4 is 0 Å². The van der Waals surface area contributed by atoms with Crippen LogP contribution in [0.2, 0.25) is 0 Å². The Morgan fingerprint density at radius 1 is 1.00 bits per heavy atom. The Morgan fingerprint density at radius 3 is 2.47 bits per heavy atom. The second-order valence-corrected chi connectivity index (χ2v) is 12.9. The minimum Gasteiger partial charge on any atom is -0.393 e. The molecule has 0 aliphatic heterocycles. The van der Waals surface area contributed by atoms with Gasteiger partial charge in [-0.05, 0) is 110 Å². The molecule has 0 bridgehead atoms. The van der Waals surface area contributed by atoms with Crippen molar-refractivity contribution in [2.75, 3.05) is 0 Å². The monoisotopic (exact) mass is 414 g/mol. The lowest BCUT2D eigenvalue weighted by molar-refractivity contribution is -0.0575. The van der Waals surface area contributed by atoms with Gasteiger partial charge in [-0.25, -0.2) is 0 Å². The molecule has 0 amide bonds. The SMILES string of the molecule is CC[C@@H](CC[C@@H](C)[C@@H]1CC[C@@H]2[C@H]3CC=C4C[C@@H](O)CC[C@]4(C)[C@@H]3CC[C@@]21C)C(C)C. The molecule has 0 aromatic carbocycles. The van der Waals surface area contributed by atoms with Gasteiger partial charge < -0.3 is 5.11 Å². The van der Waals surface area contributed by atoms with Gasteiger partial charge in [-0.3, -0.25) is 0 Å². The van der Waals surface area contributed by atoms with Crippen molar-refractivity contribution in [2.24, 2.45) is 52.3 Å². The summed E-state index contributed by atoms with van der Waals surface area (Å²) >= 11 is 0. The van der Waals surface area contributed by atoms with Crippen molar-refractivity contribution in [3.8, 4) is 0 Å². The first kappa shape index (κ1) is 22.9. The summed E-state index contributed by atoms with van der Waals surface area (Å²) in [5.74, 6) is 6.31. The number of aliphatic hydroxyl groups excluding tert-OH is 1. The highest BCUT2D eigenvalue weighted by Gasteiger charge is 2.59. The number of allylic oxidation sites excluding steroid dienone is 1. The fourth-order valence-electron chi connectivity index (χ4n) is 9.30. The van der Waals surface area contributed by atoms with Crippen LogP contribution in [0.4, 0.5) is 0 Å². The summed E-state index contributed by atoms with van der Waals surface area (Å²) < 4.78 is 0. The van der Waals surface area contributed by atoms with Gasteiger partial charge in [0.25, 0.3) is 0 Å². The van der Waals surface area contributed by atoms with E-state index < -0.39 is 0 Å².